The van der Waals surface area contributed by atoms with Crippen molar-refractivity contribution in [2.45, 2.75) is 76.7 Å². The van der Waals surface area contributed by atoms with Gasteiger partial charge in [-0.15, -0.1) is 0 Å². The minimum Gasteiger partial charge on any atom is -0.469 e. The van der Waals surface area contributed by atoms with Crippen molar-refractivity contribution in [3.05, 3.63) is 29.5 Å². The van der Waals surface area contributed by atoms with Crippen LogP contribution in [-0.2, 0) is 25.5 Å². The fourth-order valence-electron chi connectivity index (χ4n) is 4.73. The van der Waals surface area contributed by atoms with Crippen LogP contribution in [0.5, 0.6) is 0 Å². The molecule has 1 aromatic carbocycles. The number of methoxy groups -OCH3 is 2. The number of carbonyl (C=O) groups is 2. The van der Waals surface area contributed by atoms with E-state index in [-0.39, 0.29) is 18.4 Å². The summed E-state index contributed by atoms with van der Waals surface area (Å²) < 4.78 is 11.9. The van der Waals surface area contributed by atoms with Crippen LogP contribution in [0.3, 0.4) is 0 Å². The molecule has 1 heterocycles. The Labute approximate surface area is 189 Å². The lowest BCUT2D eigenvalue weighted by atomic mass is 9.86. The van der Waals surface area contributed by atoms with Crippen molar-refractivity contribution in [1.82, 2.24) is 9.78 Å². The molecule has 1 aromatic heterocycles. The predicted octanol–water partition coefficient (Wildman–Crippen LogP) is 4.84. The molecule has 1 aliphatic rings. The summed E-state index contributed by atoms with van der Waals surface area (Å²) in [5, 5.41) is 15.7. The first-order valence-corrected chi connectivity index (χ1v) is 11.6. The van der Waals surface area contributed by atoms with Crippen LogP contribution in [0.25, 0.3) is 10.9 Å². The van der Waals surface area contributed by atoms with Crippen molar-refractivity contribution in [3.63, 3.8) is 0 Å². The number of nitrogens with zero attached hydrogens (tertiary/aromatic N) is 3. The van der Waals surface area contributed by atoms with Crippen LogP contribution in [0, 0.1) is 17.2 Å². The average Bonchev–Trinajstić information content (AvgIpc) is 3.22. The van der Waals surface area contributed by atoms with Crippen LogP contribution < -0.4 is 0 Å². The highest BCUT2D eigenvalue weighted by Crippen LogP contribution is 2.35. The van der Waals surface area contributed by atoms with Crippen molar-refractivity contribution in [2.75, 3.05) is 14.2 Å². The second-order valence-corrected chi connectivity index (χ2v) is 8.57. The standard InChI is InChI=1S/C25H33N3O4/c1-4-22-20-12-11-18(15-23(20)28(27-22)19-8-6-5-7-9-19)21(25(30)32-3)14-17(16-26)10-13-24(29)31-2/h11-12,15,17,19,21H,4-10,13-14H2,1-3H3. The van der Waals surface area contributed by atoms with E-state index in [0.29, 0.717) is 18.9 Å². The Morgan fingerprint density at radius 1 is 1.22 bits per heavy atom. The predicted molar refractivity (Wildman–Crippen MR) is 121 cm³/mol. The van der Waals surface area contributed by atoms with Gasteiger partial charge in [-0.05, 0) is 43.7 Å². The summed E-state index contributed by atoms with van der Waals surface area (Å²) in [5.74, 6) is -1.76. The van der Waals surface area contributed by atoms with Gasteiger partial charge < -0.3 is 9.47 Å². The van der Waals surface area contributed by atoms with E-state index in [2.05, 4.69) is 22.4 Å². The minimum absolute atomic E-state index is 0.149. The van der Waals surface area contributed by atoms with Gasteiger partial charge in [0.1, 0.15) is 0 Å². The molecular formula is C25H33N3O4. The van der Waals surface area contributed by atoms with Gasteiger partial charge in [0.05, 0.1) is 43.5 Å². The van der Waals surface area contributed by atoms with E-state index in [0.717, 1.165) is 41.4 Å². The Kier molecular flexibility index (Phi) is 8.26. The molecule has 0 aliphatic heterocycles. The summed E-state index contributed by atoms with van der Waals surface area (Å²) in [6.07, 6.45) is 7.57. The third kappa shape index (κ3) is 5.29. The number of aryl methyl sites for hydroxylation is 1. The summed E-state index contributed by atoms with van der Waals surface area (Å²) in [6.45, 7) is 2.11. The van der Waals surface area contributed by atoms with E-state index < -0.39 is 11.8 Å². The Morgan fingerprint density at radius 3 is 2.59 bits per heavy atom. The monoisotopic (exact) mass is 439 g/mol. The molecule has 1 fully saturated rings. The number of esters is 2. The Balaban J connectivity index is 1.94. The van der Waals surface area contributed by atoms with Crippen molar-refractivity contribution in [1.29, 1.82) is 5.26 Å². The van der Waals surface area contributed by atoms with Crippen LogP contribution in [0.1, 0.15) is 81.5 Å². The van der Waals surface area contributed by atoms with Gasteiger partial charge in [0.15, 0.2) is 0 Å². The summed E-state index contributed by atoms with van der Waals surface area (Å²) in [6, 6.07) is 8.66. The fraction of sp³-hybridized carbons (Fsp3) is 0.600. The van der Waals surface area contributed by atoms with Crippen LogP contribution >= 0.6 is 0 Å². The smallest absolute Gasteiger partial charge is 0.313 e. The molecule has 172 valence electrons. The average molecular weight is 440 g/mol. The van der Waals surface area contributed by atoms with Crippen molar-refractivity contribution in [3.8, 4) is 6.07 Å². The molecule has 2 aromatic rings. The number of benzene rings is 1. The largest absolute Gasteiger partial charge is 0.469 e. The van der Waals surface area contributed by atoms with Crippen molar-refractivity contribution < 1.29 is 19.1 Å². The van der Waals surface area contributed by atoms with Crippen LogP contribution in [0.2, 0.25) is 0 Å². The number of hydrogen-bond donors (Lipinski definition) is 0. The van der Waals surface area contributed by atoms with Crippen molar-refractivity contribution >= 4 is 22.8 Å². The molecule has 3 rings (SSSR count). The number of hydrogen-bond acceptors (Lipinski definition) is 6. The molecule has 2 unspecified atom stereocenters. The molecule has 0 amide bonds. The quantitative estimate of drug-likeness (QED) is 0.519. The molecule has 1 aliphatic carbocycles. The van der Waals surface area contributed by atoms with Gasteiger partial charge in [0.2, 0.25) is 0 Å². The zero-order valence-electron chi connectivity index (χ0n) is 19.3. The van der Waals surface area contributed by atoms with E-state index in [1.807, 2.05) is 18.2 Å². The molecule has 7 nitrogen and oxygen atoms in total. The van der Waals surface area contributed by atoms with Crippen LogP contribution in [0.15, 0.2) is 18.2 Å². The van der Waals surface area contributed by atoms with Gasteiger partial charge in [0.25, 0.3) is 0 Å². The van der Waals surface area contributed by atoms with Gasteiger partial charge in [-0.3, -0.25) is 14.3 Å². The number of rotatable bonds is 9. The normalized spacial score (nSPS) is 16.3. The van der Waals surface area contributed by atoms with Gasteiger partial charge in [-0.1, -0.05) is 38.3 Å². The number of fused-ring (bicyclic) bond motifs is 1. The van der Waals surface area contributed by atoms with Gasteiger partial charge in [0, 0.05) is 17.7 Å². The second-order valence-electron chi connectivity index (χ2n) is 8.57. The number of nitriles is 1. The molecule has 0 bridgehead atoms. The lowest BCUT2D eigenvalue weighted by Crippen LogP contribution is -2.19. The highest BCUT2D eigenvalue weighted by Gasteiger charge is 2.28. The Hall–Kier alpha value is -2.88. The van der Waals surface area contributed by atoms with Gasteiger partial charge in [-0.2, -0.15) is 10.4 Å². The maximum atomic E-state index is 12.7. The molecule has 0 radical (unpaired) electrons. The minimum atomic E-state index is -0.577. The lowest BCUT2D eigenvalue weighted by molar-refractivity contribution is -0.142. The van der Waals surface area contributed by atoms with E-state index in [4.69, 9.17) is 9.84 Å². The molecule has 7 heteroatoms. The number of carbonyl (C=O) groups excluding carboxylic acids is 2. The molecular weight excluding hydrogens is 406 g/mol. The van der Waals surface area contributed by atoms with Crippen LogP contribution in [-0.4, -0.2) is 35.9 Å². The first kappa shape index (κ1) is 23.8. The third-order valence-electron chi connectivity index (χ3n) is 6.58. The first-order valence-electron chi connectivity index (χ1n) is 11.6. The highest BCUT2D eigenvalue weighted by molar-refractivity contribution is 5.85. The van der Waals surface area contributed by atoms with E-state index in [9.17, 15) is 14.9 Å². The zero-order chi connectivity index (χ0) is 23.1. The highest BCUT2D eigenvalue weighted by atomic mass is 16.5. The summed E-state index contributed by atoms with van der Waals surface area (Å²) >= 11 is 0. The second kappa shape index (κ2) is 11.1. The third-order valence-corrected chi connectivity index (χ3v) is 6.58. The number of aromatic nitrogens is 2. The van der Waals surface area contributed by atoms with E-state index in [1.165, 1.54) is 33.5 Å². The SMILES string of the molecule is CCc1nn(C2CCCCC2)c2cc(C(CC(C#N)CCC(=O)OC)C(=O)OC)ccc12. The maximum Gasteiger partial charge on any atom is 0.313 e. The fourth-order valence-corrected chi connectivity index (χ4v) is 4.73. The molecule has 0 saturated heterocycles. The van der Waals surface area contributed by atoms with Gasteiger partial charge >= 0.3 is 11.9 Å². The van der Waals surface area contributed by atoms with Gasteiger partial charge in [-0.25, -0.2) is 0 Å². The first-order chi connectivity index (χ1) is 15.5. The van der Waals surface area contributed by atoms with E-state index >= 15 is 0 Å². The van der Waals surface area contributed by atoms with E-state index in [1.54, 1.807) is 0 Å². The summed E-state index contributed by atoms with van der Waals surface area (Å²) in [5.41, 5.74) is 2.94. The molecule has 0 N–H and O–H groups in total. The molecule has 0 spiro atoms. The van der Waals surface area contributed by atoms with Crippen LogP contribution in [0.4, 0.5) is 0 Å². The molecule has 1 saturated carbocycles. The number of ether oxygens (including phenoxy) is 2. The Morgan fingerprint density at radius 2 is 1.97 bits per heavy atom. The maximum absolute atomic E-state index is 12.7. The lowest BCUT2D eigenvalue weighted by Gasteiger charge is -2.23. The zero-order valence-corrected chi connectivity index (χ0v) is 19.3. The molecule has 32 heavy (non-hydrogen) atoms. The topological polar surface area (TPSA) is 94.2 Å². The molecule has 2 atom stereocenters. The summed E-state index contributed by atoms with van der Waals surface area (Å²) in [7, 11) is 2.70. The Bertz CT molecular complexity index is 985. The summed E-state index contributed by atoms with van der Waals surface area (Å²) in [4.78, 5) is 24.2. The van der Waals surface area contributed by atoms with Crippen molar-refractivity contribution in [2.24, 2.45) is 5.92 Å².